The average Bonchev–Trinajstić information content (AvgIpc) is 3.15. The average molecular weight is 527 g/mol. The van der Waals surface area contributed by atoms with E-state index < -0.39 is 5.97 Å². The molecule has 3 rings (SSSR count). The number of aromatic nitrogens is 2. The maximum absolute atomic E-state index is 13.2. The van der Waals surface area contributed by atoms with Gasteiger partial charge in [-0.05, 0) is 42.3 Å². The summed E-state index contributed by atoms with van der Waals surface area (Å²) in [6, 6.07) is 14.9. The molecule has 9 heteroatoms. The molecule has 178 valence electrons. The number of imidazole rings is 1. The molecular formula is C25H27BrN4O4. The molecule has 0 atom stereocenters. The Hall–Kier alpha value is -3.46. The fourth-order valence-electron chi connectivity index (χ4n) is 3.53. The number of anilines is 1. The van der Waals surface area contributed by atoms with Gasteiger partial charge in [0.15, 0.2) is 11.5 Å². The number of esters is 1. The van der Waals surface area contributed by atoms with Gasteiger partial charge in [-0.25, -0.2) is 9.78 Å². The number of carbonyl (C=O) groups excluding carboxylic acids is 3. The Kier molecular flexibility index (Phi) is 8.22. The largest absolute Gasteiger partial charge is 0.462 e. The second kappa shape index (κ2) is 11.1. The van der Waals surface area contributed by atoms with E-state index in [1.54, 1.807) is 46.3 Å². The number of rotatable bonds is 9. The van der Waals surface area contributed by atoms with Crippen molar-refractivity contribution in [2.75, 3.05) is 32.6 Å². The van der Waals surface area contributed by atoms with E-state index in [4.69, 9.17) is 9.72 Å². The molecule has 0 bridgehead atoms. The molecule has 0 aliphatic heterocycles. The Labute approximate surface area is 207 Å². The molecule has 0 radical (unpaired) electrons. The topological polar surface area (TPSA) is 84.7 Å². The van der Waals surface area contributed by atoms with Crippen LogP contribution < -0.4 is 4.90 Å². The molecule has 2 amide bonds. The molecule has 1 heterocycles. The van der Waals surface area contributed by atoms with Crippen molar-refractivity contribution in [3.05, 3.63) is 81.2 Å². The fourth-order valence-corrected chi connectivity index (χ4v) is 3.98. The van der Waals surface area contributed by atoms with E-state index in [2.05, 4.69) is 15.9 Å². The number of halogens is 1. The lowest BCUT2D eigenvalue weighted by atomic mass is 10.1. The summed E-state index contributed by atoms with van der Waals surface area (Å²) in [6.45, 7) is 2.42. The Morgan fingerprint density at radius 3 is 2.44 bits per heavy atom. The van der Waals surface area contributed by atoms with Crippen LogP contribution >= 0.6 is 15.9 Å². The predicted octanol–water partition coefficient (Wildman–Crippen LogP) is 3.76. The minimum absolute atomic E-state index is 0.266. The molecule has 8 nitrogen and oxygen atoms in total. The maximum atomic E-state index is 13.2. The van der Waals surface area contributed by atoms with Crippen LogP contribution in [0.1, 0.15) is 44.7 Å². The highest BCUT2D eigenvalue weighted by atomic mass is 79.9. The number of hydrogen-bond donors (Lipinski definition) is 0. The molecule has 0 unspecified atom stereocenters. The smallest absolute Gasteiger partial charge is 0.338 e. The van der Waals surface area contributed by atoms with Crippen molar-refractivity contribution in [2.24, 2.45) is 0 Å². The molecular weight excluding hydrogens is 500 g/mol. The summed E-state index contributed by atoms with van der Waals surface area (Å²) >= 11 is 3.49. The Morgan fingerprint density at radius 2 is 1.79 bits per heavy atom. The van der Waals surface area contributed by atoms with Crippen LogP contribution in [0.25, 0.3) is 0 Å². The van der Waals surface area contributed by atoms with E-state index in [-0.39, 0.29) is 18.3 Å². The van der Waals surface area contributed by atoms with E-state index in [0.29, 0.717) is 36.5 Å². The number of amides is 2. The van der Waals surface area contributed by atoms with Crippen molar-refractivity contribution in [2.45, 2.75) is 19.9 Å². The summed E-state index contributed by atoms with van der Waals surface area (Å²) in [6.07, 6.45) is 0.977. The summed E-state index contributed by atoms with van der Waals surface area (Å²) in [5.74, 6) is 0.208. The van der Waals surface area contributed by atoms with Crippen LogP contribution in [0.2, 0.25) is 0 Å². The quantitative estimate of drug-likeness (QED) is 0.313. The predicted molar refractivity (Wildman–Crippen MR) is 133 cm³/mol. The van der Waals surface area contributed by atoms with E-state index in [1.807, 2.05) is 34.9 Å². The minimum atomic E-state index is -0.397. The molecule has 0 aliphatic rings. The van der Waals surface area contributed by atoms with Crippen LogP contribution in [0.15, 0.2) is 53.0 Å². The Balaban J connectivity index is 2.13. The van der Waals surface area contributed by atoms with Crippen molar-refractivity contribution >= 4 is 40.0 Å². The summed E-state index contributed by atoms with van der Waals surface area (Å²) in [5, 5.41) is 0. The highest BCUT2D eigenvalue weighted by Gasteiger charge is 2.27. The van der Waals surface area contributed by atoms with Crippen molar-refractivity contribution < 1.29 is 19.1 Å². The van der Waals surface area contributed by atoms with Crippen molar-refractivity contribution in [3.63, 3.8) is 0 Å². The van der Waals surface area contributed by atoms with Gasteiger partial charge in [-0.2, -0.15) is 0 Å². The number of nitrogens with zero attached hydrogens (tertiary/aromatic N) is 4. The molecule has 2 aromatic carbocycles. The third-order valence-corrected chi connectivity index (χ3v) is 5.65. The highest BCUT2D eigenvalue weighted by Crippen LogP contribution is 2.25. The number of carbonyl (C=O) groups is 3. The van der Waals surface area contributed by atoms with E-state index in [9.17, 15) is 14.4 Å². The zero-order valence-corrected chi connectivity index (χ0v) is 21.2. The second-order valence-electron chi connectivity index (χ2n) is 7.93. The molecule has 0 saturated carbocycles. The van der Waals surface area contributed by atoms with Crippen LogP contribution in [0.3, 0.4) is 0 Å². The van der Waals surface area contributed by atoms with Crippen molar-refractivity contribution in [3.8, 4) is 0 Å². The van der Waals surface area contributed by atoms with Gasteiger partial charge in [-0.15, -0.1) is 0 Å². The molecule has 0 N–H and O–H groups in total. The number of benzene rings is 2. The molecule has 1 aromatic heterocycles. The van der Waals surface area contributed by atoms with E-state index in [1.165, 1.54) is 9.80 Å². The summed E-state index contributed by atoms with van der Waals surface area (Å²) in [4.78, 5) is 44.5. The van der Waals surface area contributed by atoms with Gasteiger partial charge in [0.25, 0.3) is 5.91 Å². The molecule has 0 saturated heterocycles. The summed E-state index contributed by atoms with van der Waals surface area (Å²) in [5.41, 5.74) is 2.55. The van der Waals surface area contributed by atoms with Gasteiger partial charge in [-0.3, -0.25) is 9.59 Å². The number of ether oxygens (including phenoxy) is 1. The van der Waals surface area contributed by atoms with Crippen LogP contribution in [0.4, 0.5) is 5.82 Å². The molecule has 0 aliphatic carbocycles. The molecule has 0 fully saturated rings. The maximum Gasteiger partial charge on any atom is 0.338 e. The van der Waals surface area contributed by atoms with Crippen LogP contribution in [0, 0.1) is 0 Å². The van der Waals surface area contributed by atoms with Crippen LogP contribution in [-0.2, 0) is 22.5 Å². The van der Waals surface area contributed by atoms with Gasteiger partial charge < -0.3 is 19.1 Å². The first-order chi connectivity index (χ1) is 16.2. The van der Waals surface area contributed by atoms with Gasteiger partial charge in [0.2, 0.25) is 6.41 Å². The van der Waals surface area contributed by atoms with Crippen LogP contribution in [0.5, 0.6) is 0 Å². The van der Waals surface area contributed by atoms with E-state index >= 15 is 0 Å². The van der Waals surface area contributed by atoms with Gasteiger partial charge in [0, 0.05) is 38.6 Å². The lowest BCUT2D eigenvalue weighted by Gasteiger charge is -2.17. The first-order valence-electron chi connectivity index (χ1n) is 10.7. The fraction of sp³-hybridized carbons (Fsp3) is 0.280. The zero-order chi connectivity index (χ0) is 24.8. The molecule has 34 heavy (non-hydrogen) atoms. The van der Waals surface area contributed by atoms with Crippen molar-refractivity contribution in [1.82, 2.24) is 14.5 Å². The van der Waals surface area contributed by atoms with Gasteiger partial charge in [0.1, 0.15) is 5.82 Å². The zero-order valence-electron chi connectivity index (χ0n) is 19.6. The SMILES string of the molecule is CCOC(=O)c1cccc(Cc2nc(N(C)C=O)c(C(=O)N(C)C)n2Cc2cccc(Br)c2)c1. The molecule has 3 aromatic rings. The normalized spacial score (nSPS) is 10.6. The monoisotopic (exact) mass is 526 g/mol. The van der Waals surface area contributed by atoms with Gasteiger partial charge in [0.05, 0.1) is 12.2 Å². The lowest BCUT2D eigenvalue weighted by Crippen LogP contribution is -2.28. The minimum Gasteiger partial charge on any atom is -0.462 e. The third kappa shape index (κ3) is 5.72. The lowest BCUT2D eigenvalue weighted by molar-refractivity contribution is -0.107. The standard InChI is InChI=1S/C25H27BrN4O4/c1-5-34-25(33)19-10-6-8-17(12-19)14-21-27-23(29(4)16-31)22(24(32)28(2)3)30(21)15-18-9-7-11-20(26)13-18/h6-13,16H,5,14-15H2,1-4H3. The molecule has 0 spiro atoms. The van der Waals surface area contributed by atoms with E-state index in [0.717, 1.165) is 15.6 Å². The first-order valence-corrected chi connectivity index (χ1v) is 11.5. The van der Waals surface area contributed by atoms with Crippen molar-refractivity contribution in [1.29, 1.82) is 0 Å². The van der Waals surface area contributed by atoms with Gasteiger partial charge >= 0.3 is 5.97 Å². The Morgan fingerprint density at radius 1 is 1.09 bits per heavy atom. The summed E-state index contributed by atoms with van der Waals surface area (Å²) in [7, 11) is 4.88. The highest BCUT2D eigenvalue weighted by molar-refractivity contribution is 9.10. The second-order valence-corrected chi connectivity index (χ2v) is 8.85. The number of hydrogen-bond acceptors (Lipinski definition) is 5. The Bertz CT molecular complexity index is 1210. The van der Waals surface area contributed by atoms with Crippen LogP contribution in [-0.4, -0.2) is 60.5 Å². The summed E-state index contributed by atoms with van der Waals surface area (Å²) < 4.78 is 7.86. The first kappa shape index (κ1) is 25.2. The van der Waals surface area contributed by atoms with Gasteiger partial charge in [-0.1, -0.05) is 40.2 Å². The third-order valence-electron chi connectivity index (χ3n) is 5.16.